The monoisotopic (exact) mass is 390 g/mol. The molecule has 8 atom stereocenters. The molecular formula is C23H34O5. The molecule has 1 heterocycles. The highest BCUT2D eigenvalue weighted by Gasteiger charge is 2.41. The highest BCUT2D eigenvalue weighted by Crippen LogP contribution is 2.47. The third kappa shape index (κ3) is 4.86. The number of cyclic esters (lactones) is 1. The topological polar surface area (TPSA) is 83.8 Å². The second-order valence-electron chi connectivity index (χ2n) is 8.95. The molecule has 2 aliphatic carbocycles. The van der Waals surface area contributed by atoms with Gasteiger partial charge in [0.05, 0.1) is 18.4 Å². The van der Waals surface area contributed by atoms with Gasteiger partial charge in [0.25, 0.3) is 0 Å². The Hall–Kier alpha value is -1.62. The molecule has 0 amide bonds. The van der Waals surface area contributed by atoms with Crippen LogP contribution in [0.3, 0.4) is 0 Å². The molecule has 28 heavy (non-hydrogen) atoms. The highest BCUT2D eigenvalue weighted by atomic mass is 16.5. The number of hydrogen-bond acceptors (Lipinski definition) is 4. The summed E-state index contributed by atoms with van der Waals surface area (Å²) in [5.41, 5.74) is 0. The van der Waals surface area contributed by atoms with E-state index < -0.39 is 12.1 Å². The van der Waals surface area contributed by atoms with Gasteiger partial charge in [-0.05, 0) is 61.7 Å². The first-order chi connectivity index (χ1) is 13.4. The second kappa shape index (κ2) is 9.25. The van der Waals surface area contributed by atoms with Crippen LogP contribution < -0.4 is 0 Å². The number of hydrogen-bond donors (Lipinski definition) is 2. The molecule has 1 saturated heterocycles. The lowest BCUT2D eigenvalue weighted by Crippen LogP contribution is -2.39. The number of esters is 1. The van der Waals surface area contributed by atoms with Crippen molar-refractivity contribution in [3.8, 4) is 0 Å². The first-order valence-electron chi connectivity index (χ1n) is 10.8. The van der Waals surface area contributed by atoms with Crippen LogP contribution in [0.15, 0.2) is 24.3 Å². The van der Waals surface area contributed by atoms with Gasteiger partial charge in [-0.3, -0.25) is 9.59 Å². The number of carbonyl (C=O) groups excluding carboxylic acids is 1. The Bertz CT molecular complexity index is 624. The van der Waals surface area contributed by atoms with Gasteiger partial charge < -0.3 is 14.9 Å². The van der Waals surface area contributed by atoms with Crippen LogP contribution in [0.2, 0.25) is 0 Å². The fourth-order valence-corrected chi connectivity index (χ4v) is 5.57. The minimum atomic E-state index is -0.687. The van der Waals surface area contributed by atoms with E-state index in [1.807, 2.05) is 6.92 Å². The highest BCUT2D eigenvalue weighted by molar-refractivity contribution is 5.71. The molecule has 3 aliphatic rings. The molecule has 0 spiro atoms. The number of carbonyl (C=O) groups is 2. The molecule has 2 N–H and O–H groups in total. The number of rotatable bonds is 7. The van der Waals surface area contributed by atoms with Crippen LogP contribution in [0.25, 0.3) is 0 Å². The Kier molecular flexibility index (Phi) is 6.97. The van der Waals surface area contributed by atoms with Gasteiger partial charge in [0, 0.05) is 6.42 Å². The van der Waals surface area contributed by atoms with Gasteiger partial charge in [-0.15, -0.1) is 0 Å². The van der Waals surface area contributed by atoms with Crippen molar-refractivity contribution in [3.63, 3.8) is 0 Å². The standard InChI is InChI=1S/C23H34O5/c1-3-15(23(26)27)11-17-6-4-5-16-8-7-14(2)20(22(16)17)10-9-19-12-18(24)13-21(25)28-19/h4-5,7-8,14-20,22,24H,3,6,9-13H2,1-2H3,(H,26,27)/t14-,15-,16?,17-,18+,19+,20-,22+/m0/s1. The molecule has 0 aromatic rings. The summed E-state index contributed by atoms with van der Waals surface area (Å²) in [6.45, 7) is 4.20. The van der Waals surface area contributed by atoms with E-state index in [2.05, 4.69) is 31.2 Å². The molecule has 5 nitrogen and oxygen atoms in total. The van der Waals surface area contributed by atoms with E-state index in [-0.39, 0.29) is 24.4 Å². The second-order valence-corrected chi connectivity index (χ2v) is 8.95. The van der Waals surface area contributed by atoms with E-state index in [1.54, 1.807) is 0 Å². The van der Waals surface area contributed by atoms with Crippen molar-refractivity contribution in [3.05, 3.63) is 24.3 Å². The maximum absolute atomic E-state index is 11.6. The number of ether oxygens (including phenoxy) is 1. The van der Waals surface area contributed by atoms with Crippen molar-refractivity contribution < 1.29 is 24.5 Å². The van der Waals surface area contributed by atoms with Gasteiger partial charge in [-0.1, -0.05) is 38.2 Å². The molecule has 0 aromatic carbocycles. The molecule has 156 valence electrons. The van der Waals surface area contributed by atoms with E-state index in [1.165, 1.54) is 0 Å². The minimum Gasteiger partial charge on any atom is -0.481 e. The van der Waals surface area contributed by atoms with Gasteiger partial charge in [0.15, 0.2) is 0 Å². The molecule has 1 aliphatic heterocycles. The number of carboxylic acid groups (broad SMARTS) is 1. The van der Waals surface area contributed by atoms with Crippen molar-refractivity contribution >= 4 is 11.9 Å². The molecule has 1 fully saturated rings. The fraction of sp³-hybridized carbons (Fsp3) is 0.739. The lowest BCUT2D eigenvalue weighted by Gasteiger charge is -2.45. The number of aliphatic hydroxyl groups excluding tert-OH is 1. The Labute approximate surface area is 167 Å². The number of carboxylic acids is 1. The van der Waals surface area contributed by atoms with Crippen molar-refractivity contribution in [1.29, 1.82) is 0 Å². The van der Waals surface area contributed by atoms with Gasteiger partial charge >= 0.3 is 11.9 Å². The van der Waals surface area contributed by atoms with Gasteiger partial charge in [-0.25, -0.2) is 0 Å². The summed E-state index contributed by atoms with van der Waals surface area (Å²) in [7, 11) is 0. The van der Waals surface area contributed by atoms with Crippen LogP contribution in [0.1, 0.15) is 58.8 Å². The van der Waals surface area contributed by atoms with Gasteiger partial charge in [-0.2, -0.15) is 0 Å². The molecule has 3 rings (SSSR count). The summed E-state index contributed by atoms with van der Waals surface area (Å²) in [5, 5.41) is 19.4. The zero-order valence-electron chi connectivity index (χ0n) is 17.0. The van der Waals surface area contributed by atoms with Crippen LogP contribution in [-0.4, -0.2) is 34.4 Å². The number of aliphatic hydroxyl groups is 1. The van der Waals surface area contributed by atoms with E-state index in [0.29, 0.717) is 42.4 Å². The number of allylic oxidation sites excluding steroid dienone is 4. The number of fused-ring (bicyclic) bond motifs is 1. The zero-order chi connectivity index (χ0) is 20.3. The summed E-state index contributed by atoms with van der Waals surface area (Å²) >= 11 is 0. The summed E-state index contributed by atoms with van der Waals surface area (Å²) in [4.78, 5) is 23.2. The van der Waals surface area contributed by atoms with Gasteiger partial charge in [0.2, 0.25) is 0 Å². The van der Waals surface area contributed by atoms with Crippen LogP contribution in [0, 0.1) is 35.5 Å². The Morgan fingerprint density at radius 1 is 1.29 bits per heavy atom. The smallest absolute Gasteiger partial charge is 0.308 e. The Morgan fingerprint density at radius 3 is 2.75 bits per heavy atom. The van der Waals surface area contributed by atoms with Crippen molar-refractivity contribution in [1.82, 2.24) is 0 Å². The maximum Gasteiger partial charge on any atom is 0.308 e. The van der Waals surface area contributed by atoms with Crippen molar-refractivity contribution in [2.75, 3.05) is 0 Å². The lowest BCUT2D eigenvalue weighted by molar-refractivity contribution is -0.160. The number of aliphatic carboxylic acids is 1. The normalized spacial score (nSPS) is 38.5. The summed E-state index contributed by atoms with van der Waals surface area (Å²) in [5.74, 6) is 0.754. The summed E-state index contributed by atoms with van der Waals surface area (Å²) in [6.07, 6.45) is 13.0. The summed E-state index contributed by atoms with van der Waals surface area (Å²) < 4.78 is 5.45. The minimum absolute atomic E-state index is 0.101. The van der Waals surface area contributed by atoms with E-state index >= 15 is 0 Å². The molecule has 1 unspecified atom stereocenters. The van der Waals surface area contributed by atoms with Crippen molar-refractivity contribution in [2.24, 2.45) is 35.5 Å². The predicted molar refractivity (Wildman–Crippen MR) is 106 cm³/mol. The molecule has 5 heteroatoms. The fourth-order valence-electron chi connectivity index (χ4n) is 5.57. The third-order valence-electron chi connectivity index (χ3n) is 7.08. The molecule has 0 saturated carbocycles. The van der Waals surface area contributed by atoms with E-state index in [4.69, 9.17) is 4.74 Å². The van der Waals surface area contributed by atoms with Gasteiger partial charge in [0.1, 0.15) is 6.10 Å². The quantitative estimate of drug-likeness (QED) is 0.508. The molecule has 0 bridgehead atoms. The first-order valence-corrected chi connectivity index (χ1v) is 10.8. The first kappa shape index (κ1) is 21.1. The van der Waals surface area contributed by atoms with Crippen LogP contribution >= 0.6 is 0 Å². The lowest BCUT2D eigenvalue weighted by atomic mass is 9.60. The average Bonchev–Trinajstić information content (AvgIpc) is 2.64. The molecule has 0 aromatic heterocycles. The predicted octanol–water partition coefficient (Wildman–Crippen LogP) is 3.96. The van der Waals surface area contributed by atoms with Crippen molar-refractivity contribution in [2.45, 2.75) is 71.0 Å². The van der Waals surface area contributed by atoms with Crippen LogP contribution in [0.4, 0.5) is 0 Å². The largest absolute Gasteiger partial charge is 0.481 e. The zero-order valence-corrected chi connectivity index (χ0v) is 17.0. The van der Waals surface area contributed by atoms with E-state index in [0.717, 1.165) is 25.7 Å². The SMILES string of the molecule is CC[C@@H](C[C@@H]1CC=CC2C=C[C@H](C)[C@H](CC[C@@H]3C[C@@H](O)CC(=O)O3)[C@H]21)C(=O)O. The Morgan fingerprint density at radius 2 is 2.07 bits per heavy atom. The van der Waals surface area contributed by atoms with Crippen LogP contribution in [0.5, 0.6) is 0 Å². The summed E-state index contributed by atoms with van der Waals surface area (Å²) in [6, 6.07) is 0. The average molecular weight is 391 g/mol. The van der Waals surface area contributed by atoms with E-state index in [9.17, 15) is 19.8 Å². The van der Waals surface area contributed by atoms with Crippen LogP contribution in [-0.2, 0) is 14.3 Å². The third-order valence-corrected chi connectivity index (χ3v) is 7.08. The Balaban J connectivity index is 1.71. The maximum atomic E-state index is 11.6. The molecular weight excluding hydrogens is 356 g/mol. The molecule has 0 radical (unpaired) electrons.